The maximum absolute atomic E-state index is 12.2. The number of amides is 1. The lowest BCUT2D eigenvalue weighted by Crippen LogP contribution is -2.47. The van der Waals surface area contributed by atoms with Gasteiger partial charge in [-0.1, -0.05) is 0 Å². The molecule has 1 spiro atoms. The van der Waals surface area contributed by atoms with E-state index < -0.39 is 10.0 Å². The van der Waals surface area contributed by atoms with Gasteiger partial charge >= 0.3 is 0 Å². The van der Waals surface area contributed by atoms with Crippen LogP contribution in [-0.4, -0.2) is 70.2 Å². The van der Waals surface area contributed by atoms with Gasteiger partial charge in [0.05, 0.1) is 6.26 Å². The third-order valence-electron chi connectivity index (χ3n) is 4.35. The fourth-order valence-corrected chi connectivity index (χ4v) is 3.89. The average molecular weight is 303 g/mol. The quantitative estimate of drug-likeness (QED) is 0.785. The molecule has 0 radical (unpaired) electrons. The van der Waals surface area contributed by atoms with Gasteiger partial charge < -0.3 is 9.80 Å². The van der Waals surface area contributed by atoms with E-state index in [0.29, 0.717) is 0 Å². The van der Waals surface area contributed by atoms with Crippen molar-refractivity contribution in [2.24, 2.45) is 5.41 Å². The number of nitrogens with zero attached hydrogens (tertiary/aromatic N) is 2. The lowest BCUT2D eigenvalue weighted by Gasteiger charge is -2.40. The summed E-state index contributed by atoms with van der Waals surface area (Å²) < 4.78 is 24.4. The van der Waals surface area contributed by atoms with E-state index in [9.17, 15) is 13.2 Å². The molecule has 7 heteroatoms. The van der Waals surface area contributed by atoms with Gasteiger partial charge in [-0.15, -0.1) is 0 Å². The summed E-state index contributed by atoms with van der Waals surface area (Å²) in [5.74, 6) is 0.0646. The van der Waals surface area contributed by atoms with Gasteiger partial charge in [0.1, 0.15) is 0 Å². The zero-order valence-corrected chi connectivity index (χ0v) is 13.2. The zero-order valence-electron chi connectivity index (χ0n) is 12.4. The largest absolute Gasteiger partial charge is 0.342 e. The van der Waals surface area contributed by atoms with Gasteiger partial charge in [-0.2, -0.15) is 0 Å². The van der Waals surface area contributed by atoms with Crippen molar-refractivity contribution in [3.8, 4) is 0 Å². The first kappa shape index (κ1) is 15.7. The van der Waals surface area contributed by atoms with Gasteiger partial charge in [0.25, 0.3) is 0 Å². The molecule has 1 amide bonds. The smallest absolute Gasteiger partial charge is 0.223 e. The maximum Gasteiger partial charge on any atom is 0.223 e. The monoisotopic (exact) mass is 303 g/mol. The highest BCUT2D eigenvalue weighted by Gasteiger charge is 2.41. The fraction of sp³-hybridized carbons (Fsp3) is 0.923. The minimum Gasteiger partial charge on any atom is -0.342 e. The second kappa shape index (κ2) is 5.99. The number of nitrogens with one attached hydrogen (secondary N) is 1. The van der Waals surface area contributed by atoms with Crippen LogP contribution in [0.15, 0.2) is 0 Å². The summed E-state index contributed by atoms with van der Waals surface area (Å²) >= 11 is 0. The molecule has 0 aromatic carbocycles. The van der Waals surface area contributed by atoms with Crippen molar-refractivity contribution < 1.29 is 13.2 Å². The molecule has 116 valence electrons. The highest BCUT2D eigenvalue weighted by Crippen LogP contribution is 2.38. The Labute approximate surface area is 121 Å². The van der Waals surface area contributed by atoms with E-state index in [1.807, 2.05) is 4.90 Å². The summed E-state index contributed by atoms with van der Waals surface area (Å²) in [5, 5.41) is 0. The minimum absolute atomic E-state index is 0.0646. The Morgan fingerprint density at radius 2 is 2.00 bits per heavy atom. The molecule has 0 aromatic rings. The Morgan fingerprint density at radius 3 is 2.60 bits per heavy atom. The first-order chi connectivity index (χ1) is 9.30. The molecule has 2 heterocycles. The van der Waals surface area contributed by atoms with Crippen LogP contribution < -0.4 is 4.72 Å². The standard InChI is InChI=1S/C13H25N3O3S/c1-15-9-6-13(10-15)5-3-8-16(11-13)12(17)4-7-14-20(2,18)19/h14H,3-11H2,1-2H3/t13-/m0/s1. The number of sulfonamides is 1. The summed E-state index contributed by atoms with van der Waals surface area (Å²) in [6, 6.07) is 0. The van der Waals surface area contributed by atoms with Gasteiger partial charge in [0, 0.05) is 38.0 Å². The molecule has 2 saturated heterocycles. The lowest BCUT2D eigenvalue weighted by atomic mass is 9.79. The molecular weight excluding hydrogens is 278 g/mol. The highest BCUT2D eigenvalue weighted by molar-refractivity contribution is 7.88. The van der Waals surface area contributed by atoms with Crippen LogP contribution in [-0.2, 0) is 14.8 Å². The number of piperidine rings is 1. The van der Waals surface area contributed by atoms with Crippen molar-refractivity contribution in [2.75, 3.05) is 46.0 Å². The lowest BCUT2D eigenvalue weighted by molar-refractivity contribution is -0.134. The number of likely N-dealkylation sites (tertiary alicyclic amines) is 2. The third-order valence-corrected chi connectivity index (χ3v) is 5.07. The van der Waals surface area contributed by atoms with Crippen molar-refractivity contribution in [1.82, 2.24) is 14.5 Å². The SMILES string of the molecule is CN1CC[C@@]2(CCCN(C(=O)CCNS(C)(=O)=O)C2)C1. The number of carbonyl (C=O) groups is 1. The molecule has 2 aliphatic rings. The summed E-state index contributed by atoms with van der Waals surface area (Å²) in [6.07, 6.45) is 4.78. The molecule has 0 saturated carbocycles. The van der Waals surface area contributed by atoms with E-state index in [1.165, 1.54) is 6.42 Å². The first-order valence-corrected chi connectivity index (χ1v) is 9.10. The van der Waals surface area contributed by atoms with Crippen LogP contribution >= 0.6 is 0 Å². The molecule has 0 aromatic heterocycles. The van der Waals surface area contributed by atoms with Crippen molar-refractivity contribution in [2.45, 2.75) is 25.7 Å². The molecule has 0 aliphatic carbocycles. The van der Waals surface area contributed by atoms with Crippen LogP contribution in [0.5, 0.6) is 0 Å². The molecular formula is C13H25N3O3S. The summed E-state index contributed by atoms with van der Waals surface area (Å²) in [6.45, 7) is 4.01. The minimum atomic E-state index is -3.21. The topological polar surface area (TPSA) is 69.7 Å². The van der Waals surface area contributed by atoms with E-state index in [2.05, 4.69) is 16.7 Å². The van der Waals surface area contributed by atoms with Crippen molar-refractivity contribution in [1.29, 1.82) is 0 Å². The van der Waals surface area contributed by atoms with Crippen LogP contribution in [0.3, 0.4) is 0 Å². The number of carbonyl (C=O) groups excluding carboxylic acids is 1. The Bertz CT molecular complexity index is 461. The maximum atomic E-state index is 12.2. The molecule has 6 nitrogen and oxygen atoms in total. The normalized spacial score (nSPS) is 28.2. The van der Waals surface area contributed by atoms with E-state index in [1.54, 1.807) is 0 Å². The first-order valence-electron chi connectivity index (χ1n) is 7.21. The van der Waals surface area contributed by atoms with E-state index in [-0.39, 0.29) is 24.3 Å². The molecule has 20 heavy (non-hydrogen) atoms. The molecule has 2 rings (SSSR count). The fourth-order valence-electron chi connectivity index (χ4n) is 3.41. The molecule has 2 fully saturated rings. The van der Waals surface area contributed by atoms with Crippen LogP contribution in [0.25, 0.3) is 0 Å². The Hall–Kier alpha value is -0.660. The van der Waals surface area contributed by atoms with Crippen molar-refractivity contribution in [3.05, 3.63) is 0 Å². The highest BCUT2D eigenvalue weighted by atomic mass is 32.2. The van der Waals surface area contributed by atoms with Crippen LogP contribution in [0.1, 0.15) is 25.7 Å². The Kier molecular flexibility index (Phi) is 4.71. The van der Waals surface area contributed by atoms with Crippen LogP contribution in [0.4, 0.5) is 0 Å². The molecule has 0 unspecified atom stereocenters. The second-order valence-electron chi connectivity index (χ2n) is 6.32. The molecule has 1 N–H and O–H groups in total. The summed E-state index contributed by atoms with van der Waals surface area (Å²) in [7, 11) is -1.08. The van der Waals surface area contributed by atoms with Gasteiger partial charge in [-0.05, 0) is 32.9 Å². The second-order valence-corrected chi connectivity index (χ2v) is 8.16. The third kappa shape index (κ3) is 4.17. The predicted octanol–water partition coefficient (Wildman–Crippen LogP) is -0.130. The average Bonchev–Trinajstić information content (AvgIpc) is 2.68. The number of hydrogen-bond donors (Lipinski definition) is 1. The van der Waals surface area contributed by atoms with Gasteiger partial charge in [-0.25, -0.2) is 13.1 Å². The van der Waals surface area contributed by atoms with E-state index in [4.69, 9.17) is 0 Å². The predicted molar refractivity (Wildman–Crippen MR) is 77.8 cm³/mol. The number of rotatable bonds is 4. The summed E-state index contributed by atoms with van der Waals surface area (Å²) in [4.78, 5) is 16.4. The molecule has 2 aliphatic heterocycles. The zero-order chi connectivity index (χ0) is 14.8. The summed E-state index contributed by atoms with van der Waals surface area (Å²) in [5.41, 5.74) is 0.271. The number of hydrogen-bond acceptors (Lipinski definition) is 4. The Balaban J connectivity index is 1.84. The van der Waals surface area contributed by atoms with E-state index in [0.717, 1.165) is 45.3 Å². The Morgan fingerprint density at radius 1 is 1.25 bits per heavy atom. The molecule has 1 atom stereocenters. The van der Waals surface area contributed by atoms with Gasteiger partial charge in [-0.3, -0.25) is 4.79 Å². The van der Waals surface area contributed by atoms with Crippen LogP contribution in [0.2, 0.25) is 0 Å². The van der Waals surface area contributed by atoms with Crippen molar-refractivity contribution >= 4 is 15.9 Å². The molecule has 0 bridgehead atoms. The van der Waals surface area contributed by atoms with Gasteiger partial charge in [0.2, 0.25) is 15.9 Å². The van der Waals surface area contributed by atoms with Gasteiger partial charge in [0.15, 0.2) is 0 Å². The van der Waals surface area contributed by atoms with E-state index >= 15 is 0 Å². The van der Waals surface area contributed by atoms with Crippen molar-refractivity contribution in [3.63, 3.8) is 0 Å². The van der Waals surface area contributed by atoms with Crippen LogP contribution in [0, 0.1) is 5.41 Å².